The molecular formula is C12H17N. The molecule has 0 spiro atoms. The summed E-state index contributed by atoms with van der Waals surface area (Å²) in [7, 11) is 0. The summed E-state index contributed by atoms with van der Waals surface area (Å²) in [5.41, 5.74) is 2.45. The van der Waals surface area contributed by atoms with Crippen molar-refractivity contribution in [3.8, 4) is 0 Å². The van der Waals surface area contributed by atoms with Crippen molar-refractivity contribution in [3.63, 3.8) is 0 Å². The van der Waals surface area contributed by atoms with Crippen molar-refractivity contribution in [1.82, 2.24) is 5.32 Å². The molecule has 0 aliphatic carbocycles. The van der Waals surface area contributed by atoms with Gasteiger partial charge in [0.25, 0.3) is 0 Å². The van der Waals surface area contributed by atoms with Crippen molar-refractivity contribution in [3.05, 3.63) is 41.6 Å². The number of benzene rings is 1. The molecule has 0 aliphatic rings. The maximum Gasteiger partial charge on any atom is 0.0201 e. The molecular weight excluding hydrogens is 158 g/mol. The van der Waals surface area contributed by atoms with Crippen LogP contribution in [0.5, 0.6) is 0 Å². The van der Waals surface area contributed by atoms with Crippen LogP contribution in [0, 0.1) is 0 Å². The summed E-state index contributed by atoms with van der Waals surface area (Å²) in [6, 6.07) is 10.8. The summed E-state index contributed by atoms with van der Waals surface area (Å²) >= 11 is 0. The highest BCUT2D eigenvalue weighted by atomic mass is 14.9. The summed E-state index contributed by atoms with van der Waals surface area (Å²) < 4.78 is 0. The minimum Gasteiger partial charge on any atom is -0.386 e. The zero-order valence-corrected chi connectivity index (χ0v) is 8.54. The second kappa shape index (κ2) is 4.70. The number of allylic oxidation sites excluding steroid dienone is 1. The first-order valence-electron chi connectivity index (χ1n) is 4.68. The lowest BCUT2D eigenvalue weighted by Crippen LogP contribution is -2.19. The lowest BCUT2D eigenvalue weighted by atomic mass is 10.2. The quantitative estimate of drug-likeness (QED) is 0.744. The van der Waals surface area contributed by atoms with Crippen molar-refractivity contribution >= 4 is 6.08 Å². The predicted octanol–water partition coefficient (Wildman–Crippen LogP) is 3.05. The topological polar surface area (TPSA) is 12.0 Å². The van der Waals surface area contributed by atoms with Crippen LogP contribution in [0.2, 0.25) is 0 Å². The van der Waals surface area contributed by atoms with Gasteiger partial charge in [-0.1, -0.05) is 30.3 Å². The summed E-state index contributed by atoms with van der Waals surface area (Å²) in [6.45, 7) is 6.37. The lowest BCUT2D eigenvalue weighted by Gasteiger charge is -2.09. The van der Waals surface area contributed by atoms with Crippen LogP contribution >= 0.6 is 0 Å². The van der Waals surface area contributed by atoms with Gasteiger partial charge in [-0.15, -0.1) is 0 Å². The van der Waals surface area contributed by atoms with Gasteiger partial charge >= 0.3 is 0 Å². The van der Waals surface area contributed by atoms with Crippen LogP contribution in [0.1, 0.15) is 26.3 Å². The number of nitrogens with one attached hydrogen (secondary N) is 1. The van der Waals surface area contributed by atoms with E-state index in [1.54, 1.807) is 0 Å². The van der Waals surface area contributed by atoms with Crippen molar-refractivity contribution in [2.75, 3.05) is 0 Å². The number of hydrogen-bond donors (Lipinski definition) is 1. The third-order valence-electron chi connectivity index (χ3n) is 1.70. The van der Waals surface area contributed by atoms with E-state index in [2.05, 4.69) is 56.4 Å². The van der Waals surface area contributed by atoms with Crippen LogP contribution in [0.3, 0.4) is 0 Å². The van der Waals surface area contributed by atoms with E-state index in [1.807, 2.05) is 6.07 Å². The average Bonchev–Trinajstić information content (AvgIpc) is 2.04. The molecule has 70 valence electrons. The highest BCUT2D eigenvalue weighted by molar-refractivity contribution is 5.51. The largest absolute Gasteiger partial charge is 0.386 e. The molecule has 0 amide bonds. The van der Waals surface area contributed by atoms with Gasteiger partial charge in [-0.05, 0) is 32.4 Å². The number of hydrogen-bond acceptors (Lipinski definition) is 1. The van der Waals surface area contributed by atoms with Gasteiger partial charge < -0.3 is 5.32 Å². The van der Waals surface area contributed by atoms with Gasteiger partial charge in [0.15, 0.2) is 0 Å². The van der Waals surface area contributed by atoms with E-state index in [9.17, 15) is 0 Å². The zero-order valence-electron chi connectivity index (χ0n) is 8.54. The Balaban J connectivity index is 2.66. The van der Waals surface area contributed by atoms with Crippen LogP contribution in [-0.4, -0.2) is 6.04 Å². The van der Waals surface area contributed by atoms with E-state index in [0.717, 1.165) is 0 Å². The Morgan fingerprint density at radius 2 is 1.85 bits per heavy atom. The predicted molar refractivity (Wildman–Crippen MR) is 58.4 cm³/mol. The second-order valence-electron chi connectivity index (χ2n) is 3.54. The van der Waals surface area contributed by atoms with Gasteiger partial charge in [-0.25, -0.2) is 0 Å². The molecule has 13 heavy (non-hydrogen) atoms. The molecule has 1 N–H and O–H groups in total. The summed E-state index contributed by atoms with van der Waals surface area (Å²) in [4.78, 5) is 0. The molecule has 0 bridgehead atoms. The molecule has 0 saturated heterocycles. The zero-order chi connectivity index (χ0) is 9.68. The molecule has 1 heteroatoms. The summed E-state index contributed by atoms with van der Waals surface area (Å²) in [5.74, 6) is 0. The molecule has 0 heterocycles. The minimum absolute atomic E-state index is 0.500. The first-order valence-corrected chi connectivity index (χ1v) is 4.68. The van der Waals surface area contributed by atoms with Crippen LogP contribution < -0.4 is 5.32 Å². The molecule has 0 fully saturated rings. The van der Waals surface area contributed by atoms with Gasteiger partial charge in [0.05, 0.1) is 0 Å². The molecule has 1 aromatic rings. The van der Waals surface area contributed by atoms with E-state index in [0.29, 0.717) is 6.04 Å². The van der Waals surface area contributed by atoms with E-state index < -0.39 is 0 Å². The fraction of sp³-hybridized carbons (Fsp3) is 0.333. The van der Waals surface area contributed by atoms with Gasteiger partial charge in [0.1, 0.15) is 0 Å². The average molecular weight is 175 g/mol. The Kier molecular flexibility index (Phi) is 3.56. The molecule has 0 aliphatic heterocycles. The van der Waals surface area contributed by atoms with E-state index in [1.165, 1.54) is 11.3 Å². The fourth-order valence-electron chi connectivity index (χ4n) is 1.30. The Morgan fingerprint density at radius 1 is 1.23 bits per heavy atom. The molecule has 0 atom stereocenters. The molecule has 1 aromatic carbocycles. The van der Waals surface area contributed by atoms with Crippen LogP contribution in [-0.2, 0) is 0 Å². The monoisotopic (exact) mass is 175 g/mol. The van der Waals surface area contributed by atoms with E-state index in [4.69, 9.17) is 0 Å². The fourth-order valence-corrected chi connectivity index (χ4v) is 1.30. The number of rotatable bonds is 3. The van der Waals surface area contributed by atoms with Crippen molar-refractivity contribution in [2.24, 2.45) is 0 Å². The van der Waals surface area contributed by atoms with Gasteiger partial charge in [-0.3, -0.25) is 0 Å². The van der Waals surface area contributed by atoms with Crippen LogP contribution in [0.15, 0.2) is 36.0 Å². The molecule has 0 saturated carbocycles. The summed E-state index contributed by atoms with van der Waals surface area (Å²) in [6.07, 6.45) is 2.15. The smallest absolute Gasteiger partial charge is 0.0201 e. The molecule has 0 unspecified atom stereocenters. The molecule has 0 radical (unpaired) electrons. The maximum absolute atomic E-state index is 3.35. The van der Waals surface area contributed by atoms with Crippen molar-refractivity contribution < 1.29 is 0 Å². The molecule has 1 nitrogen and oxygen atoms in total. The molecule has 0 aromatic heterocycles. The second-order valence-corrected chi connectivity index (χ2v) is 3.54. The third kappa shape index (κ3) is 3.79. The molecule has 1 rings (SSSR count). The maximum atomic E-state index is 3.35. The normalized spacial score (nSPS) is 11.8. The first kappa shape index (κ1) is 9.85. The van der Waals surface area contributed by atoms with Crippen molar-refractivity contribution in [2.45, 2.75) is 26.8 Å². The Morgan fingerprint density at radius 3 is 2.38 bits per heavy atom. The lowest BCUT2D eigenvalue weighted by molar-refractivity contribution is 0.673. The highest BCUT2D eigenvalue weighted by Gasteiger charge is 1.92. The minimum atomic E-state index is 0.500. The Hall–Kier alpha value is -1.24. The van der Waals surface area contributed by atoms with Gasteiger partial charge in [0.2, 0.25) is 0 Å². The standard InChI is InChI=1S/C12H17N/c1-10(2)13-11(3)9-12-7-5-4-6-8-12/h4-10,13H,1-3H3/b11-9+. The van der Waals surface area contributed by atoms with Crippen molar-refractivity contribution in [1.29, 1.82) is 0 Å². The van der Waals surface area contributed by atoms with Gasteiger partial charge in [0, 0.05) is 11.7 Å². The summed E-state index contributed by atoms with van der Waals surface area (Å²) in [5, 5.41) is 3.35. The first-order chi connectivity index (χ1) is 6.18. The van der Waals surface area contributed by atoms with Gasteiger partial charge in [-0.2, -0.15) is 0 Å². The van der Waals surface area contributed by atoms with E-state index in [-0.39, 0.29) is 0 Å². The van der Waals surface area contributed by atoms with Crippen LogP contribution in [0.4, 0.5) is 0 Å². The van der Waals surface area contributed by atoms with Crippen LogP contribution in [0.25, 0.3) is 6.08 Å². The Bertz CT molecular complexity index is 272. The Labute approximate surface area is 80.5 Å². The highest BCUT2D eigenvalue weighted by Crippen LogP contribution is 2.04. The SMILES string of the molecule is C/C(=C\c1ccccc1)NC(C)C. The third-order valence-corrected chi connectivity index (χ3v) is 1.70. The van der Waals surface area contributed by atoms with E-state index >= 15 is 0 Å².